The zero-order valence-corrected chi connectivity index (χ0v) is 16.2. The first-order valence-corrected chi connectivity index (χ1v) is 7.84. The van der Waals surface area contributed by atoms with Crippen molar-refractivity contribution in [3.05, 3.63) is 12.2 Å². The second-order valence-electron chi connectivity index (χ2n) is 5.13. The molecule has 1 aliphatic heterocycles. The van der Waals surface area contributed by atoms with Crippen molar-refractivity contribution in [3.63, 3.8) is 0 Å². The van der Waals surface area contributed by atoms with E-state index in [4.69, 9.17) is 9.47 Å². The van der Waals surface area contributed by atoms with Gasteiger partial charge in [0.1, 0.15) is 18.7 Å². The Kier molecular flexibility index (Phi) is 10.1. The van der Waals surface area contributed by atoms with Crippen LogP contribution in [-0.4, -0.2) is 59.7 Å². The first kappa shape index (κ1) is 20.1. The summed E-state index contributed by atoms with van der Waals surface area (Å²) in [6.45, 7) is 6.48. The van der Waals surface area contributed by atoms with Gasteiger partial charge in [0, 0.05) is 33.4 Å². The second kappa shape index (κ2) is 11.6. The first-order valence-electron chi connectivity index (χ1n) is 7.84. The van der Waals surface area contributed by atoms with Gasteiger partial charge in [-0.2, -0.15) is 5.10 Å². The Balaban J connectivity index is 0.00000264. The normalized spacial score (nSPS) is 17.8. The van der Waals surface area contributed by atoms with E-state index in [1.807, 2.05) is 14.0 Å². The topological polar surface area (TPSA) is 85.6 Å². The fraction of sp³-hybridized carbons (Fsp3) is 0.786. The third-order valence-electron chi connectivity index (χ3n) is 3.38. The van der Waals surface area contributed by atoms with E-state index in [0.29, 0.717) is 6.54 Å². The number of nitrogens with one attached hydrogen (secondary N) is 2. The van der Waals surface area contributed by atoms with E-state index in [2.05, 4.69) is 25.7 Å². The molecule has 2 rings (SSSR count). The summed E-state index contributed by atoms with van der Waals surface area (Å²) in [6, 6.07) is 0. The van der Waals surface area contributed by atoms with E-state index >= 15 is 0 Å². The van der Waals surface area contributed by atoms with Crippen molar-refractivity contribution in [2.45, 2.75) is 32.4 Å². The lowest BCUT2D eigenvalue weighted by Crippen LogP contribution is -2.38. The molecule has 0 spiro atoms. The van der Waals surface area contributed by atoms with Crippen LogP contribution in [-0.2, 0) is 23.1 Å². The summed E-state index contributed by atoms with van der Waals surface area (Å²) in [7, 11) is 1.86. The van der Waals surface area contributed by atoms with Crippen molar-refractivity contribution < 1.29 is 9.47 Å². The van der Waals surface area contributed by atoms with Gasteiger partial charge in [0.05, 0.1) is 12.7 Å². The summed E-state index contributed by atoms with van der Waals surface area (Å²) in [5.74, 6) is 1.62. The molecule has 1 aromatic rings. The summed E-state index contributed by atoms with van der Waals surface area (Å²) in [5, 5.41) is 10.5. The highest BCUT2D eigenvalue weighted by atomic mass is 127. The van der Waals surface area contributed by atoms with Crippen LogP contribution in [0.25, 0.3) is 0 Å². The highest BCUT2D eigenvalue weighted by Crippen LogP contribution is 2.07. The highest BCUT2D eigenvalue weighted by Gasteiger charge is 2.15. The number of halogens is 1. The summed E-state index contributed by atoms with van der Waals surface area (Å²) < 4.78 is 12.7. The summed E-state index contributed by atoms with van der Waals surface area (Å²) in [6.07, 6.45) is 3.76. The van der Waals surface area contributed by atoms with E-state index in [-0.39, 0.29) is 30.1 Å². The van der Waals surface area contributed by atoms with Crippen LogP contribution >= 0.6 is 24.0 Å². The molecular formula is C14H27IN6O2. The number of ether oxygens (including phenoxy) is 2. The average molecular weight is 438 g/mol. The third kappa shape index (κ3) is 7.44. The van der Waals surface area contributed by atoms with Crippen LogP contribution in [0, 0.1) is 0 Å². The Labute approximate surface area is 154 Å². The van der Waals surface area contributed by atoms with Crippen molar-refractivity contribution in [2.75, 3.05) is 32.9 Å². The number of guanidine groups is 1. The van der Waals surface area contributed by atoms with Gasteiger partial charge in [-0.25, -0.2) is 9.98 Å². The van der Waals surface area contributed by atoms with Gasteiger partial charge in [0.25, 0.3) is 0 Å². The average Bonchev–Trinajstić information content (AvgIpc) is 3.16. The van der Waals surface area contributed by atoms with Crippen LogP contribution in [0.5, 0.6) is 0 Å². The second-order valence-corrected chi connectivity index (χ2v) is 5.13. The van der Waals surface area contributed by atoms with Crippen molar-refractivity contribution in [1.82, 2.24) is 25.4 Å². The van der Waals surface area contributed by atoms with Crippen LogP contribution < -0.4 is 10.6 Å². The Morgan fingerprint density at radius 2 is 2.39 bits per heavy atom. The van der Waals surface area contributed by atoms with E-state index < -0.39 is 0 Å². The van der Waals surface area contributed by atoms with Crippen LogP contribution in [0.1, 0.15) is 25.6 Å². The predicted octanol–water partition coefficient (Wildman–Crippen LogP) is 0.684. The number of rotatable bonds is 8. The lowest BCUT2D eigenvalue weighted by molar-refractivity contribution is 0.0420. The van der Waals surface area contributed by atoms with Gasteiger partial charge in [-0.15, -0.1) is 24.0 Å². The number of nitrogens with zero attached hydrogens (tertiary/aromatic N) is 4. The number of aryl methyl sites for hydroxylation is 1. The minimum Gasteiger partial charge on any atom is -0.379 e. The maximum absolute atomic E-state index is 5.73. The molecule has 1 fully saturated rings. The maximum Gasteiger partial charge on any atom is 0.191 e. The van der Waals surface area contributed by atoms with Crippen LogP contribution in [0.15, 0.2) is 11.3 Å². The molecule has 0 bridgehead atoms. The molecule has 0 aromatic carbocycles. The minimum absolute atomic E-state index is 0. The van der Waals surface area contributed by atoms with Crippen LogP contribution in [0.3, 0.4) is 0 Å². The monoisotopic (exact) mass is 438 g/mol. The SMILES string of the molecule is CCNC(=NCc1ncnn1C)NCCCOC1CCOC1.I. The Hall–Kier alpha value is -0.940. The van der Waals surface area contributed by atoms with Crippen LogP contribution in [0.4, 0.5) is 0 Å². The number of aliphatic imine (C=N–C) groups is 1. The van der Waals surface area contributed by atoms with Gasteiger partial charge in [0.2, 0.25) is 0 Å². The van der Waals surface area contributed by atoms with Crippen molar-refractivity contribution >= 4 is 29.9 Å². The van der Waals surface area contributed by atoms with Crippen molar-refractivity contribution in [1.29, 1.82) is 0 Å². The molecule has 1 atom stereocenters. The van der Waals surface area contributed by atoms with E-state index in [1.54, 1.807) is 4.68 Å². The van der Waals surface area contributed by atoms with E-state index in [1.165, 1.54) is 6.33 Å². The molecule has 8 nitrogen and oxygen atoms in total. The van der Waals surface area contributed by atoms with E-state index in [0.717, 1.165) is 57.5 Å². The summed E-state index contributed by atoms with van der Waals surface area (Å²) in [5.41, 5.74) is 0. The Bertz CT molecular complexity index is 462. The number of aromatic nitrogens is 3. The zero-order chi connectivity index (χ0) is 15.6. The largest absolute Gasteiger partial charge is 0.379 e. The molecule has 1 unspecified atom stereocenters. The molecule has 0 saturated carbocycles. The van der Waals surface area contributed by atoms with Gasteiger partial charge >= 0.3 is 0 Å². The summed E-state index contributed by atoms with van der Waals surface area (Å²) >= 11 is 0. The molecule has 9 heteroatoms. The standard InChI is InChI=1S/C14H26N6O2.HI/c1-3-15-14(17-9-13-18-11-19-20(13)2)16-6-4-7-22-12-5-8-21-10-12;/h11-12H,3-10H2,1-2H3,(H2,15,16,17);1H. The summed E-state index contributed by atoms with van der Waals surface area (Å²) in [4.78, 5) is 8.66. The molecule has 1 aromatic heterocycles. The smallest absolute Gasteiger partial charge is 0.191 e. The third-order valence-corrected chi connectivity index (χ3v) is 3.38. The molecule has 23 heavy (non-hydrogen) atoms. The fourth-order valence-corrected chi connectivity index (χ4v) is 2.13. The molecule has 132 valence electrons. The van der Waals surface area contributed by atoms with Crippen molar-refractivity contribution in [3.8, 4) is 0 Å². The highest BCUT2D eigenvalue weighted by molar-refractivity contribution is 14.0. The molecule has 0 radical (unpaired) electrons. The lowest BCUT2D eigenvalue weighted by Gasteiger charge is -2.12. The Morgan fingerprint density at radius 1 is 1.52 bits per heavy atom. The molecule has 1 saturated heterocycles. The van der Waals surface area contributed by atoms with Gasteiger partial charge in [-0.1, -0.05) is 0 Å². The molecule has 1 aliphatic rings. The molecule has 0 amide bonds. The zero-order valence-electron chi connectivity index (χ0n) is 13.8. The molecule has 2 heterocycles. The van der Waals surface area contributed by atoms with Gasteiger partial charge in [-0.3, -0.25) is 4.68 Å². The number of hydrogen-bond acceptors (Lipinski definition) is 5. The van der Waals surface area contributed by atoms with Gasteiger partial charge in [0.15, 0.2) is 5.96 Å². The van der Waals surface area contributed by atoms with Crippen molar-refractivity contribution in [2.24, 2.45) is 12.0 Å². The minimum atomic E-state index is 0. The molecular weight excluding hydrogens is 411 g/mol. The van der Waals surface area contributed by atoms with E-state index in [9.17, 15) is 0 Å². The van der Waals surface area contributed by atoms with Gasteiger partial charge in [-0.05, 0) is 19.8 Å². The molecule has 0 aliphatic carbocycles. The molecule has 2 N–H and O–H groups in total. The fourth-order valence-electron chi connectivity index (χ4n) is 2.13. The maximum atomic E-state index is 5.73. The lowest BCUT2D eigenvalue weighted by atomic mass is 10.3. The predicted molar refractivity (Wildman–Crippen MR) is 99.0 cm³/mol. The van der Waals surface area contributed by atoms with Gasteiger partial charge < -0.3 is 20.1 Å². The Morgan fingerprint density at radius 3 is 3.04 bits per heavy atom. The first-order chi connectivity index (χ1) is 10.8. The van der Waals surface area contributed by atoms with Crippen LogP contribution in [0.2, 0.25) is 0 Å². The quantitative estimate of drug-likeness (QED) is 0.269. The number of hydrogen-bond donors (Lipinski definition) is 2.